The number of amides is 2. The van der Waals surface area contributed by atoms with Crippen LogP contribution in [0.25, 0.3) is 101 Å². The van der Waals surface area contributed by atoms with Crippen LogP contribution in [-0.2, 0) is 29.4 Å². The van der Waals surface area contributed by atoms with Crippen LogP contribution in [0.4, 0.5) is 40.3 Å². The average molecular weight is 1440 g/mol. The number of hydrogen-bond acceptors (Lipinski definition) is 18. The predicted octanol–water partition coefficient (Wildman–Crippen LogP) is 14.6. The Bertz CT molecular complexity index is 5540. The highest BCUT2D eigenvalue weighted by Crippen LogP contribution is 2.45. The summed E-state index contributed by atoms with van der Waals surface area (Å²) in [6.45, 7) is 7.58. The van der Waals surface area contributed by atoms with Crippen molar-refractivity contribution >= 4 is 123 Å². The number of sulfonamides is 2. The Morgan fingerprint density at radius 2 is 0.941 bits per heavy atom. The SMILES string of the molecule is C.CNC(=O)c1c(-c2ccc(F)cc2)oc2cc(N(C)S(C)(=O)=O)c(-c3ccc([N+](=O)[O-])c(-c4nc5c(F)cccc5o4)c3)cc12.CNC(=O)c1c(-c2ccc(F)cc2)oc2cc(N(C)S(C)(=O)=O)c(B3OC(C)(C)C(C)(C)O3)cc12.O=[N+]([O-])c1ccc(Cl)cc1-c1nc2c(F)cccc2o1. The molecule has 24 nitrogen and oxygen atoms in total. The summed E-state index contributed by atoms with van der Waals surface area (Å²) in [5, 5.41) is 29.2. The molecule has 1 aliphatic heterocycles. The highest BCUT2D eigenvalue weighted by atomic mass is 35.5. The zero-order valence-corrected chi connectivity index (χ0v) is 56.7. The molecule has 13 rings (SSSR count). The van der Waals surface area contributed by atoms with E-state index >= 15 is 0 Å². The molecule has 12 aromatic rings. The number of furan rings is 2. The highest BCUT2D eigenvalue weighted by Gasteiger charge is 2.53. The summed E-state index contributed by atoms with van der Waals surface area (Å²) >= 11 is 5.84. The van der Waals surface area contributed by atoms with Crippen molar-refractivity contribution in [2.45, 2.75) is 46.3 Å². The molecule has 101 heavy (non-hydrogen) atoms. The normalized spacial score (nSPS) is 13.3. The van der Waals surface area contributed by atoms with Gasteiger partial charge in [-0.25, -0.2) is 44.4 Å². The molecule has 32 heteroatoms. The largest absolute Gasteiger partial charge is 0.497 e. The number of rotatable bonds is 14. The van der Waals surface area contributed by atoms with Crippen molar-refractivity contribution in [3.05, 3.63) is 205 Å². The van der Waals surface area contributed by atoms with Crippen LogP contribution in [-0.4, -0.2) is 107 Å². The van der Waals surface area contributed by atoms with Gasteiger partial charge in [-0.2, -0.15) is 0 Å². The first-order chi connectivity index (χ1) is 47.1. The number of carbonyl (C=O) groups excluding carboxylic acids is 2. The number of carbonyl (C=O) groups is 2. The van der Waals surface area contributed by atoms with Crippen molar-refractivity contribution in [3.8, 4) is 56.7 Å². The molecule has 1 fully saturated rings. The zero-order valence-electron chi connectivity index (χ0n) is 54.4. The molecule has 0 aliphatic carbocycles. The number of nitro groups is 2. The maximum Gasteiger partial charge on any atom is 0.497 e. The standard InChI is InChI=1S/C31H22F2N4O7S.C24H28BFN2O6S.C13H6ClFN2O3.CH4/c1-34-30(38)27-21-14-19(24(36(2)45(3,41)42)15-26(21)43-29(27)16-7-10-18(32)11-8-16)17-9-12-23(37(39)40)20(13-17)31-35-28-22(33)5-4-6-25(28)44-31;1-23(2)24(3,4)34-25(33-23)17-12-16-19(13-18(17)28(6)35(7,30)31)32-21(20(16)22(29)27-5)14-8-10-15(26)11-9-14;14-7-4-5-10(17(18)19)8(6-7)13-16-12-9(15)2-1-3-11(12)20-13;/h4-15H,1-3H3,(H,34,38);8-13H,1-7H3,(H,27,29);1-6H;1H4. The number of para-hydroxylation sites is 2. The minimum absolute atomic E-state index is 0. The van der Waals surface area contributed by atoms with Crippen molar-refractivity contribution in [1.29, 1.82) is 0 Å². The number of benzene rings is 8. The van der Waals surface area contributed by atoms with Gasteiger partial charge in [0.25, 0.3) is 23.2 Å². The van der Waals surface area contributed by atoms with Crippen LogP contribution in [0.2, 0.25) is 5.02 Å². The van der Waals surface area contributed by atoms with E-state index in [1.165, 1.54) is 162 Å². The molecular formula is C69H60BClF4N8O16S2. The lowest BCUT2D eigenvalue weighted by molar-refractivity contribution is -0.384. The van der Waals surface area contributed by atoms with E-state index in [0.29, 0.717) is 32.7 Å². The van der Waals surface area contributed by atoms with Gasteiger partial charge in [-0.15, -0.1) is 0 Å². The van der Waals surface area contributed by atoms with Crippen LogP contribution >= 0.6 is 11.6 Å². The maximum atomic E-state index is 14.4. The van der Waals surface area contributed by atoms with Gasteiger partial charge < -0.3 is 37.6 Å². The Kier molecular flexibility index (Phi) is 19.9. The van der Waals surface area contributed by atoms with Crippen molar-refractivity contribution in [3.63, 3.8) is 0 Å². The fourth-order valence-corrected chi connectivity index (χ4v) is 12.0. The van der Waals surface area contributed by atoms with Gasteiger partial charge in [-0.1, -0.05) is 31.2 Å². The van der Waals surface area contributed by atoms with Crippen LogP contribution in [0.1, 0.15) is 55.8 Å². The minimum atomic E-state index is -3.85. The first kappa shape index (κ1) is 72.8. The lowest BCUT2D eigenvalue weighted by Gasteiger charge is -2.32. The number of anilines is 2. The maximum absolute atomic E-state index is 14.4. The minimum Gasteiger partial charge on any atom is -0.455 e. The Labute approximate surface area is 579 Å². The molecular weight excluding hydrogens is 1380 g/mol. The van der Waals surface area contributed by atoms with Crippen LogP contribution in [0.15, 0.2) is 163 Å². The summed E-state index contributed by atoms with van der Waals surface area (Å²) in [6, 6.07) is 33.3. The van der Waals surface area contributed by atoms with E-state index in [1.54, 1.807) is 12.1 Å². The van der Waals surface area contributed by atoms with Gasteiger partial charge in [0, 0.05) is 90.4 Å². The van der Waals surface area contributed by atoms with Crippen molar-refractivity contribution in [1.82, 2.24) is 20.6 Å². The Balaban J connectivity index is 0.000000174. The molecule has 0 atom stereocenters. The summed E-state index contributed by atoms with van der Waals surface area (Å²) in [5.41, 5.74) is 1.33. The molecule has 0 bridgehead atoms. The van der Waals surface area contributed by atoms with Gasteiger partial charge >= 0.3 is 7.12 Å². The molecule has 8 aromatic carbocycles. The van der Waals surface area contributed by atoms with Gasteiger partial charge in [0.2, 0.25) is 31.8 Å². The van der Waals surface area contributed by atoms with Crippen LogP contribution in [0, 0.1) is 43.5 Å². The number of fused-ring (bicyclic) bond motifs is 4. The van der Waals surface area contributed by atoms with Crippen molar-refractivity contribution < 1.29 is 80.8 Å². The third kappa shape index (κ3) is 14.2. The van der Waals surface area contributed by atoms with Gasteiger partial charge in [-0.3, -0.25) is 38.4 Å². The molecule has 522 valence electrons. The second-order valence-corrected chi connectivity index (χ2v) is 28.2. The van der Waals surface area contributed by atoms with Gasteiger partial charge in [-0.05, 0) is 142 Å². The number of nitro benzene ring substituents is 2. The number of nitrogens with zero attached hydrogens (tertiary/aromatic N) is 6. The number of oxazole rings is 2. The van der Waals surface area contributed by atoms with Gasteiger partial charge in [0.05, 0.1) is 56.1 Å². The zero-order chi connectivity index (χ0) is 72.4. The Morgan fingerprint density at radius 3 is 1.37 bits per heavy atom. The molecule has 1 aliphatic rings. The molecule has 0 spiro atoms. The fraction of sp³-hybridized carbons (Fsp3) is 0.188. The van der Waals surface area contributed by atoms with E-state index in [2.05, 4.69) is 20.6 Å². The first-order valence-electron chi connectivity index (χ1n) is 29.8. The summed E-state index contributed by atoms with van der Waals surface area (Å²) in [6.07, 6.45) is 2.09. The smallest absolute Gasteiger partial charge is 0.455 e. The van der Waals surface area contributed by atoms with Crippen LogP contribution < -0.4 is 24.7 Å². The highest BCUT2D eigenvalue weighted by molar-refractivity contribution is 7.92. The predicted molar refractivity (Wildman–Crippen MR) is 375 cm³/mol. The molecule has 4 aromatic heterocycles. The number of aromatic nitrogens is 2. The van der Waals surface area contributed by atoms with E-state index in [9.17, 15) is 64.2 Å². The molecule has 2 amide bonds. The monoisotopic (exact) mass is 1440 g/mol. The molecule has 5 heterocycles. The summed E-state index contributed by atoms with van der Waals surface area (Å²) in [7, 11) is -2.74. The lowest BCUT2D eigenvalue weighted by atomic mass is 9.77. The van der Waals surface area contributed by atoms with Gasteiger partial charge in [0.1, 0.15) is 56.5 Å². The fourth-order valence-electron chi connectivity index (χ4n) is 10.8. The molecule has 0 radical (unpaired) electrons. The average Bonchev–Trinajstić information content (AvgIpc) is 1.63. The first-order valence-corrected chi connectivity index (χ1v) is 33.9. The summed E-state index contributed by atoms with van der Waals surface area (Å²) < 4.78 is 143. The number of halogens is 5. The van der Waals surface area contributed by atoms with E-state index in [-0.39, 0.29) is 114 Å². The van der Waals surface area contributed by atoms with E-state index in [0.717, 1.165) is 21.1 Å². The topological polar surface area (TPSA) is 316 Å². The third-order valence-corrected chi connectivity index (χ3v) is 19.4. The molecule has 1 saturated heterocycles. The van der Waals surface area contributed by atoms with Crippen LogP contribution in [0.3, 0.4) is 0 Å². The number of nitrogens with one attached hydrogen (secondary N) is 2. The second kappa shape index (κ2) is 27.6. The summed E-state index contributed by atoms with van der Waals surface area (Å²) in [5.74, 6) is -3.00. The quantitative estimate of drug-likeness (QED) is 0.0442. The Hall–Kier alpha value is -11.0. The Morgan fingerprint density at radius 1 is 0.535 bits per heavy atom. The van der Waals surface area contributed by atoms with E-state index < -0.39 is 89.0 Å². The number of hydrogen-bond donors (Lipinski definition) is 2. The van der Waals surface area contributed by atoms with E-state index in [4.69, 9.17) is 38.6 Å². The lowest BCUT2D eigenvalue weighted by Crippen LogP contribution is -2.41. The van der Waals surface area contributed by atoms with Crippen LogP contribution in [0.5, 0.6) is 0 Å². The van der Waals surface area contributed by atoms with Crippen molar-refractivity contribution in [2.24, 2.45) is 0 Å². The van der Waals surface area contributed by atoms with E-state index in [1.807, 2.05) is 27.7 Å². The molecule has 0 saturated carbocycles. The second-order valence-electron chi connectivity index (χ2n) is 23.7. The molecule has 2 N–H and O–H groups in total. The summed E-state index contributed by atoms with van der Waals surface area (Å²) in [4.78, 5) is 56.0. The van der Waals surface area contributed by atoms with Gasteiger partial charge in [0.15, 0.2) is 22.8 Å². The van der Waals surface area contributed by atoms with Crippen molar-refractivity contribution in [2.75, 3.05) is 49.3 Å². The molecule has 0 unspecified atom stereocenters. The third-order valence-electron chi connectivity index (χ3n) is 16.8.